The van der Waals surface area contributed by atoms with E-state index in [2.05, 4.69) is 17.2 Å². The first kappa shape index (κ1) is 16.5. The minimum absolute atomic E-state index is 0.0969. The summed E-state index contributed by atoms with van der Waals surface area (Å²) in [4.78, 5) is 26.8. The Labute approximate surface area is 121 Å². The Morgan fingerprint density at radius 2 is 2.05 bits per heavy atom. The lowest BCUT2D eigenvalue weighted by molar-refractivity contribution is 0.0936. The van der Waals surface area contributed by atoms with E-state index in [1.165, 1.54) is 6.42 Å². The molecule has 4 heteroatoms. The van der Waals surface area contributed by atoms with Crippen molar-refractivity contribution in [2.45, 2.75) is 65.8 Å². The Morgan fingerprint density at radius 3 is 2.65 bits per heavy atom. The van der Waals surface area contributed by atoms with E-state index >= 15 is 0 Å². The van der Waals surface area contributed by atoms with Gasteiger partial charge in [0.15, 0.2) is 0 Å². The number of rotatable bonds is 7. The monoisotopic (exact) mass is 278 g/mol. The second-order valence-electron chi connectivity index (χ2n) is 5.40. The first-order valence-corrected chi connectivity index (χ1v) is 7.53. The number of hydrogen-bond donors (Lipinski definition) is 2. The number of amides is 1. The van der Waals surface area contributed by atoms with Crippen LogP contribution < -0.4 is 10.9 Å². The lowest BCUT2D eigenvalue weighted by Gasteiger charge is -2.14. The highest BCUT2D eigenvalue weighted by molar-refractivity contribution is 5.94. The molecule has 0 aliphatic carbocycles. The standard InChI is InChI=1S/C16H26N2O2/c1-5-7-8-9-12(4)17-15(19)13-10-11(3)14(6-2)18-16(13)20/h10,12H,5-9H2,1-4H3,(H,17,19)(H,18,20)/t12-/m0/s1. The third-order valence-electron chi connectivity index (χ3n) is 3.56. The van der Waals surface area contributed by atoms with Gasteiger partial charge in [0.25, 0.3) is 11.5 Å². The van der Waals surface area contributed by atoms with E-state index in [-0.39, 0.29) is 23.1 Å². The van der Waals surface area contributed by atoms with Crippen molar-refractivity contribution in [3.63, 3.8) is 0 Å². The quantitative estimate of drug-likeness (QED) is 0.753. The molecule has 0 saturated heterocycles. The molecule has 0 radical (unpaired) electrons. The first-order chi connectivity index (χ1) is 9.49. The van der Waals surface area contributed by atoms with Crippen molar-refractivity contribution in [3.05, 3.63) is 33.2 Å². The normalized spacial score (nSPS) is 12.2. The molecule has 1 rings (SSSR count). The Balaban J connectivity index is 2.73. The van der Waals surface area contributed by atoms with Crippen LogP contribution in [0.3, 0.4) is 0 Å². The van der Waals surface area contributed by atoms with Crippen molar-refractivity contribution in [1.82, 2.24) is 10.3 Å². The van der Waals surface area contributed by atoms with Gasteiger partial charge in [-0.2, -0.15) is 0 Å². The molecule has 20 heavy (non-hydrogen) atoms. The number of unbranched alkanes of at least 4 members (excludes halogenated alkanes) is 2. The minimum atomic E-state index is -0.300. The second-order valence-corrected chi connectivity index (χ2v) is 5.40. The van der Waals surface area contributed by atoms with Gasteiger partial charge in [-0.3, -0.25) is 9.59 Å². The van der Waals surface area contributed by atoms with Gasteiger partial charge in [0.1, 0.15) is 5.56 Å². The SMILES string of the molecule is CCCCC[C@H](C)NC(=O)c1cc(C)c(CC)[nH]c1=O. The summed E-state index contributed by atoms with van der Waals surface area (Å²) < 4.78 is 0. The fourth-order valence-corrected chi connectivity index (χ4v) is 2.28. The van der Waals surface area contributed by atoms with Gasteiger partial charge in [0, 0.05) is 11.7 Å². The van der Waals surface area contributed by atoms with Gasteiger partial charge in [-0.1, -0.05) is 33.1 Å². The van der Waals surface area contributed by atoms with Gasteiger partial charge in [-0.05, 0) is 38.3 Å². The Bertz CT molecular complexity index is 506. The van der Waals surface area contributed by atoms with Crippen molar-refractivity contribution < 1.29 is 4.79 Å². The molecular weight excluding hydrogens is 252 g/mol. The van der Waals surface area contributed by atoms with Crippen LogP contribution in [0.15, 0.2) is 10.9 Å². The molecule has 0 spiro atoms. The average molecular weight is 278 g/mol. The highest BCUT2D eigenvalue weighted by Crippen LogP contribution is 2.07. The third kappa shape index (κ3) is 4.51. The number of carbonyl (C=O) groups is 1. The maximum absolute atomic E-state index is 12.1. The fraction of sp³-hybridized carbons (Fsp3) is 0.625. The number of nitrogens with one attached hydrogen (secondary N) is 2. The van der Waals surface area contributed by atoms with Crippen molar-refractivity contribution in [2.24, 2.45) is 0 Å². The average Bonchev–Trinajstić information content (AvgIpc) is 2.41. The summed E-state index contributed by atoms with van der Waals surface area (Å²) in [5, 5.41) is 2.90. The predicted molar refractivity (Wildman–Crippen MR) is 82.2 cm³/mol. The molecule has 0 bridgehead atoms. The summed E-state index contributed by atoms with van der Waals surface area (Å²) in [6, 6.07) is 1.78. The zero-order valence-corrected chi connectivity index (χ0v) is 13.0. The summed E-state index contributed by atoms with van der Waals surface area (Å²) in [6.07, 6.45) is 5.14. The molecule has 0 saturated carbocycles. The van der Waals surface area contributed by atoms with Crippen LogP contribution in [0, 0.1) is 6.92 Å². The van der Waals surface area contributed by atoms with Crippen LogP contribution in [0.2, 0.25) is 0 Å². The predicted octanol–water partition coefficient (Wildman–Crippen LogP) is 2.94. The zero-order valence-electron chi connectivity index (χ0n) is 13.0. The van der Waals surface area contributed by atoms with Crippen LogP contribution in [0.4, 0.5) is 0 Å². The van der Waals surface area contributed by atoms with Crippen LogP contribution in [-0.2, 0) is 6.42 Å². The van der Waals surface area contributed by atoms with Crippen molar-refractivity contribution in [2.75, 3.05) is 0 Å². The number of aromatic amines is 1. The molecule has 112 valence electrons. The number of pyridine rings is 1. The molecule has 0 aromatic carbocycles. The van der Waals surface area contributed by atoms with E-state index < -0.39 is 0 Å². The maximum atomic E-state index is 12.1. The molecule has 2 N–H and O–H groups in total. The van der Waals surface area contributed by atoms with Gasteiger partial charge < -0.3 is 10.3 Å². The molecule has 1 heterocycles. The Morgan fingerprint density at radius 1 is 1.35 bits per heavy atom. The summed E-state index contributed by atoms with van der Waals surface area (Å²) in [5.41, 5.74) is 1.76. The lowest BCUT2D eigenvalue weighted by Crippen LogP contribution is -2.36. The summed E-state index contributed by atoms with van der Waals surface area (Å²) in [7, 11) is 0. The Kier molecular flexibility index (Phi) is 6.49. The van der Waals surface area contributed by atoms with Gasteiger partial charge in [-0.25, -0.2) is 0 Å². The smallest absolute Gasteiger partial charge is 0.261 e. The minimum Gasteiger partial charge on any atom is -0.349 e. The van der Waals surface area contributed by atoms with E-state index in [0.29, 0.717) is 0 Å². The van der Waals surface area contributed by atoms with E-state index in [9.17, 15) is 9.59 Å². The molecular formula is C16H26N2O2. The molecule has 1 aromatic heterocycles. The molecule has 1 amide bonds. The molecule has 0 aliphatic heterocycles. The largest absolute Gasteiger partial charge is 0.349 e. The third-order valence-corrected chi connectivity index (χ3v) is 3.56. The van der Waals surface area contributed by atoms with E-state index in [1.807, 2.05) is 20.8 Å². The maximum Gasteiger partial charge on any atom is 0.261 e. The van der Waals surface area contributed by atoms with Crippen LogP contribution in [-0.4, -0.2) is 16.9 Å². The number of H-pyrrole nitrogens is 1. The fourth-order valence-electron chi connectivity index (χ4n) is 2.28. The highest BCUT2D eigenvalue weighted by atomic mass is 16.2. The van der Waals surface area contributed by atoms with Crippen LogP contribution >= 0.6 is 0 Å². The summed E-state index contributed by atoms with van der Waals surface area (Å²) in [6.45, 7) is 8.03. The zero-order chi connectivity index (χ0) is 15.1. The van der Waals surface area contributed by atoms with Crippen molar-refractivity contribution in [3.8, 4) is 0 Å². The number of hydrogen-bond acceptors (Lipinski definition) is 2. The number of carbonyl (C=O) groups excluding carboxylic acids is 1. The molecule has 1 aromatic rings. The van der Waals surface area contributed by atoms with Crippen molar-refractivity contribution in [1.29, 1.82) is 0 Å². The van der Waals surface area contributed by atoms with Gasteiger partial charge >= 0.3 is 0 Å². The highest BCUT2D eigenvalue weighted by Gasteiger charge is 2.14. The van der Waals surface area contributed by atoms with Gasteiger partial charge in [0.2, 0.25) is 0 Å². The van der Waals surface area contributed by atoms with Crippen LogP contribution in [0.5, 0.6) is 0 Å². The topological polar surface area (TPSA) is 62.0 Å². The number of aryl methyl sites for hydroxylation is 2. The molecule has 0 fully saturated rings. The molecule has 0 aliphatic rings. The Hall–Kier alpha value is -1.58. The van der Waals surface area contributed by atoms with Crippen LogP contribution in [0.1, 0.15) is 68.1 Å². The second kappa shape index (κ2) is 7.88. The van der Waals surface area contributed by atoms with E-state index in [0.717, 1.165) is 36.9 Å². The number of aromatic nitrogens is 1. The van der Waals surface area contributed by atoms with Crippen LogP contribution in [0.25, 0.3) is 0 Å². The molecule has 4 nitrogen and oxygen atoms in total. The van der Waals surface area contributed by atoms with Crippen molar-refractivity contribution >= 4 is 5.91 Å². The molecule has 0 unspecified atom stereocenters. The lowest BCUT2D eigenvalue weighted by atomic mass is 10.1. The summed E-state index contributed by atoms with van der Waals surface area (Å²) in [5.74, 6) is -0.277. The van der Waals surface area contributed by atoms with Gasteiger partial charge in [0.05, 0.1) is 0 Å². The summed E-state index contributed by atoms with van der Waals surface area (Å²) >= 11 is 0. The first-order valence-electron chi connectivity index (χ1n) is 7.53. The van der Waals surface area contributed by atoms with E-state index in [1.54, 1.807) is 6.07 Å². The molecule has 1 atom stereocenters. The van der Waals surface area contributed by atoms with Gasteiger partial charge in [-0.15, -0.1) is 0 Å². The van der Waals surface area contributed by atoms with E-state index in [4.69, 9.17) is 0 Å².